The third-order valence-electron chi connectivity index (χ3n) is 13.3. The Balaban J connectivity index is 4.37. The first-order chi connectivity index (χ1) is 34.0. The number of esters is 3. The number of allylic oxidation sites excluding steroid dienone is 8. The van der Waals surface area contributed by atoms with Gasteiger partial charge in [0.05, 0.1) is 0 Å². The fourth-order valence-corrected chi connectivity index (χ4v) is 8.70. The lowest BCUT2D eigenvalue weighted by Gasteiger charge is -2.18. The van der Waals surface area contributed by atoms with Crippen LogP contribution in [0.3, 0.4) is 0 Å². The molecule has 1 atom stereocenters. The lowest BCUT2D eigenvalue weighted by atomic mass is 10.1. The van der Waals surface area contributed by atoms with Crippen molar-refractivity contribution in [2.24, 2.45) is 0 Å². The molecule has 69 heavy (non-hydrogen) atoms. The standard InChI is InChI=1S/C63H114O6/c1-4-7-10-13-16-19-22-25-28-30-31-33-35-38-41-44-47-50-53-56-62(65)68-59-60(58-67-61(64)55-52-49-46-43-40-37-34-27-24-21-18-15-12-9-6-3)69-63(66)57-54-51-48-45-42-39-36-32-29-26-23-20-17-14-11-8-5-2/h17,20-21,24,26,29-31,60H,4-16,18-19,22-23,25,27-28,32-59H2,1-3H3/b20-17-,24-21-,29-26-,31-30-. The second-order valence-corrected chi connectivity index (χ2v) is 20.2. The van der Waals surface area contributed by atoms with Crippen LogP contribution in [0.4, 0.5) is 0 Å². The maximum atomic E-state index is 12.9. The van der Waals surface area contributed by atoms with Crippen LogP contribution in [0, 0.1) is 0 Å². The number of carbonyl (C=O) groups is 3. The van der Waals surface area contributed by atoms with Gasteiger partial charge in [0.15, 0.2) is 6.10 Å². The Morgan fingerprint density at radius 2 is 0.522 bits per heavy atom. The highest BCUT2D eigenvalue weighted by Crippen LogP contribution is 2.16. The third-order valence-corrected chi connectivity index (χ3v) is 13.3. The topological polar surface area (TPSA) is 78.9 Å². The van der Waals surface area contributed by atoms with Gasteiger partial charge in [-0.05, 0) is 103 Å². The van der Waals surface area contributed by atoms with Gasteiger partial charge in [-0.3, -0.25) is 14.4 Å². The van der Waals surface area contributed by atoms with Crippen LogP contribution in [-0.2, 0) is 28.6 Å². The highest BCUT2D eigenvalue weighted by Gasteiger charge is 2.19. The van der Waals surface area contributed by atoms with E-state index in [1.54, 1.807) is 0 Å². The molecule has 0 fully saturated rings. The molecule has 0 amide bonds. The van der Waals surface area contributed by atoms with Crippen molar-refractivity contribution in [2.45, 2.75) is 322 Å². The Bertz CT molecular complexity index is 1200. The average Bonchev–Trinajstić information content (AvgIpc) is 3.35. The molecular weight excluding hydrogens is 853 g/mol. The van der Waals surface area contributed by atoms with Gasteiger partial charge in [0.2, 0.25) is 0 Å². The monoisotopic (exact) mass is 967 g/mol. The van der Waals surface area contributed by atoms with E-state index in [4.69, 9.17) is 14.2 Å². The first kappa shape index (κ1) is 66.4. The summed E-state index contributed by atoms with van der Waals surface area (Å²) in [5.41, 5.74) is 0. The van der Waals surface area contributed by atoms with Gasteiger partial charge >= 0.3 is 17.9 Å². The molecule has 0 aliphatic carbocycles. The first-order valence-electron chi connectivity index (χ1n) is 30.1. The molecule has 1 unspecified atom stereocenters. The van der Waals surface area contributed by atoms with E-state index in [1.165, 1.54) is 205 Å². The number of carbonyl (C=O) groups excluding carboxylic acids is 3. The lowest BCUT2D eigenvalue weighted by molar-refractivity contribution is -0.167. The Morgan fingerprint density at radius 3 is 0.855 bits per heavy atom. The van der Waals surface area contributed by atoms with Crippen molar-refractivity contribution in [3.63, 3.8) is 0 Å². The molecular formula is C63H114O6. The third kappa shape index (κ3) is 56.2. The van der Waals surface area contributed by atoms with Gasteiger partial charge in [0, 0.05) is 19.3 Å². The number of ether oxygens (including phenoxy) is 3. The lowest BCUT2D eigenvalue weighted by Crippen LogP contribution is -2.30. The molecule has 6 heteroatoms. The summed E-state index contributed by atoms with van der Waals surface area (Å²) in [6.07, 6.45) is 71.0. The number of hydrogen-bond acceptors (Lipinski definition) is 6. The van der Waals surface area contributed by atoms with Crippen molar-refractivity contribution in [1.82, 2.24) is 0 Å². The predicted octanol–water partition coefficient (Wildman–Crippen LogP) is 20.2. The molecule has 0 aromatic carbocycles. The van der Waals surface area contributed by atoms with Crippen LogP contribution in [0.1, 0.15) is 316 Å². The molecule has 0 N–H and O–H groups in total. The average molecular weight is 968 g/mol. The van der Waals surface area contributed by atoms with E-state index in [0.717, 1.165) is 70.6 Å². The van der Waals surface area contributed by atoms with Crippen molar-refractivity contribution in [3.05, 3.63) is 48.6 Å². The Hall–Kier alpha value is -2.63. The summed E-state index contributed by atoms with van der Waals surface area (Å²) in [5.74, 6) is -0.879. The Kier molecular flexibility index (Phi) is 55.7. The largest absolute Gasteiger partial charge is 0.462 e. The zero-order chi connectivity index (χ0) is 50.0. The van der Waals surface area contributed by atoms with E-state index in [1.807, 2.05) is 0 Å². The van der Waals surface area contributed by atoms with Crippen LogP contribution in [0.15, 0.2) is 48.6 Å². The predicted molar refractivity (Wildman–Crippen MR) is 298 cm³/mol. The molecule has 0 radical (unpaired) electrons. The minimum absolute atomic E-state index is 0.0783. The number of rotatable bonds is 55. The maximum absolute atomic E-state index is 12.9. The summed E-state index contributed by atoms with van der Waals surface area (Å²) in [5, 5.41) is 0. The zero-order valence-electron chi connectivity index (χ0n) is 46.1. The molecule has 0 spiro atoms. The number of unbranched alkanes of at least 4 members (excludes halogenated alkanes) is 36. The summed E-state index contributed by atoms with van der Waals surface area (Å²) in [6.45, 7) is 6.63. The van der Waals surface area contributed by atoms with Crippen molar-refractivity contribution >= 4 is 17.9 Å². The summed E-state index contributed by atoms with van der Waals surface area (Å²) < 4.78 is 16.9. The Labute approximate surface area is 428 Å². The summed E-state index contributed by atoms with van der Waals surface area (Å²) in [4.78, 5) is 38.2. The summed E-state index contributed by atoms with van der Waals surface area (Å²) in [6, 6.07) is 0. The van der Waals surface area contributed by atoms with Crippen LogP contribution in [-0.4, -0.2) is 37.2 Å². The molecule has 0 aliphatic heterocycles. The molecule has 6 nitrogen and oxygen atoms in total. The summed E-state index contributed by atoms with van der Waals surface area (Å²) in [7, 11) is 0. The fourth-order valence-electron chi connectivity index (χ4n) is 8.70. The van der Waals surface area contributed by atoms with Crippen molar-refractivity contribution in [3.8, 4) is 0 Å². The van der Waals surface area contributed by atoms with Crippen molar-refractivity contribution in [1.29, 1.82) is 0 Å². The van der Waals surface area contributed by atoms with Crippen molar-refractivity contribution in [2.75, 3.05) is 13.2 Å². The van der Waals surface area contributed by atoms with Gasteiger partial charge in [-0.25, -0.2) is 0 Å². The van der Waals surface area contributed by atoms with Gasteiger partial charge in [0.25, 0.3) is 0 Å². The Morgan fingerprint density at radius 1 is 0.290 bits per heavy atom. The highest BCUT2D eigenvalue weighted by molar-refractivity contribution is 5.71. The van der Waals surface area contributed by atoms with Crippen LogP contribution >= 0.6 is 0 Å². The SMILES string of the molecule is CCCCC/C=C\C/C=C\CCCCCCCCCC(=O)OC(COC(=O)CCCCCCCCC/C=C\CCCCCC)COC(=O)CCCCCCCCC/C=C\CCCCCCCCCC. The van der Waals surface area contributed by atoms with E-state index in [9.17, 15) is 14.4 Å². The van der Waals surface area contributed by atoms with Crippen LogP contribution in [0.25, 0.3) is 0 Å². The van der Waals surface area contributed by atoms with E-state index in [2.05, 4.69) is 69.4 Å². The van der Waals surface area contributed by atoms with Crippen LogP contribution < -0.4 is 0 Å². The van der Waals surface area contributed by atoms with E-state index < -0.39 is 6.10 Å². The van der Waals surface area contributed by atoms with Gasteiger partial charge < -0.3 is 14.2 Å². The zero-order valence-corrected chi connectivity index (χ0v) is 46.1. The minimum Gasteiger partial charge on any atom is -0.462 e. The van der Waals surface area contributed by atoms with Gasteiger partial charge in [-0.1, -0.05) is 243 Å². The van der Waals surface area contributed by atoms with Crippen LogP contribution in [0.2, 0.25) is 0 Å². The maximum Gasteiger partial charge on any atom is 0.306 e. The molecule has 0 saturated heterocycles. The normalized spacial score (nSPS) is 12.3. The highest BCUT2D eigenvalue weighted by atomic mass is 16.6. The van der Waals surface area contributed by atoms with Gasteiger partial charge in [-0.15, -0.1) is 0 Å². The molecule has 0 aliphatic rings. The minimum atomic E-state index is -0.780. The quantitative estimate of drug-likeness (QED) is 0.0262. The smallest absolute Gasteiger partial charge is 0.306 e. The molecule has 0 aromatic rings. The van der Waals surface area contributed by atoms with E-state index >= 15 is 0 Å². The van der Waals surface area contributed by atoms with E-state index in [0.29, 0.717) is 19.3 Å². The molecule has 0 bridgehead atoms. The van der Waals surface area contributed by atoms with Crippen molar-refractivity contribution < 1.29 is 28.6 Å². The molecule has 0 saturated carbocycles. The summed E-state index contributed by atoms with van der Waals surface area (Å²) >= 11 is 0. The molecule has 0 aromatic heterocycles. The van der Waals surface area contributed by atoms with E-state index in [-0.39, 0.29) is 31.1 Å². The van der Waals surface area contributed by atoms with Crippen LogP contribution in [0.5, 0.6) is 0 Å². The second-order valence-electron chi connectivity index (χ2n) is 20.2. The molecule has 402 valence electrons. The second kappa shape index (κ2) is 57.9. The molecule has 0 rings (SSSR count). The van der Waals surface area contributed by atoms with Gasteiger partial charge in [-0.2, -0.15) is 0 Å². The fraction of sp³-hybridized carbons (Fsp3) is 0.825. The first-order valence-corrected chi connectivity index (χ1v) is 30.1. The molecule has 0 heterocycles. The van der Waals surface area contributed by atoms with Gasteiger partial charge in [0.1, 0.15) is 13.2 Å². The number of hydrogen-bond donors (Lipinski definition) is 0.